The summed E-state index contributed by atoms with van der Waals surface area (Å²) in [5.41, 5.74) is -0.0761. The van der Waals surface area contributed by atoms with E-state index in [-0.39, 0.29) is 23.8 Å². The van der Waals surface area contributed by atoms with E-state index in [4.69, 9.17) is 0 Å². The average molecular weight is 445 g/mol. The highest BCUT2D eigenvalue weighted by atomic mass is 16.3. The van der Waals surface area contributed by atoms with Crippen molar-refractivity contribution in [1.82, 2.24) is 24.2 Å². The Kier molecular flexibility index (Phi) is 5.18. The van der Waals surface area contributed by atoms with Gasteiger partial charge < -0.3 is 15.1 Å². The Balaban J connectivity index is 1.34. The molecule has 2 aromatic carbocycles. The number of phenols is 1. The number of amides is 1. The molecule has 168 valence electrons. The van der Waals surface area contributed by atoms with Gasteiger partial charge in [-0.15, -0.1) is 0 Å². The third-order valence-corrected chi connectivity index (χ3v) is 6.13. The molecule has 0 spiro atoms. The van der Waals surface area contributed by atoms with E-state index >= 15 is 0 Å². The number of hydrogen-bond acceptors (Lipinski definition) is 6. The fourth-order valence-corrected chi connectivity index (χ4v) is 4.25. The number of carbonyl (C=O) groups is 1. The van der Waals surface area contributed by atoms with Crippen LogP contribution in [0, 0.1) is 0 Å². The quantitative estimate of drug-likeness (QED) is 0.496. The monoisotopic (exact) mass is 445 g/mol. The number of aromatic nitrogens is 4. The molecule has 0 saturated carbocycles. The summed E-state index contributed by atoms with van der Waals surface area (Å²) in [4.78, 5) is 31.8. The molecule has 2 aromatic heterocycles. The predicted octanol–water partition coefficient (Wildman–Crippen LogP) is 1.96. The van der Waals surface area contributed by atoms with E-state index in [1.54, 1.807) is 35.2 Å². The second-order valence-corrected chi connectivity index (χ2v) is 8.34. The lowest BCUT2D eigenvalue weighted by molar-refractivity contribution is -0.0299. The molecule has 0 atom stereocenters. The van der Waals surface area contributed by atoms with E-state index in [9.17, 15) is 19.8 Å². The van der Waals surface area contributed by atoms with E-state index < -0.39 is 5.60 Å². The molecule has 1 aliphatic rings. The molecule has 0 unspecified atom stereocenters. The number of nitrogens with zero attached hydrogens (tertiary/aromatic N) is 5. The predicted molar refractivity (Wildman–Crippen MR) is 121 cm³/mol. The van der Waals surface area contributed by atoms with Crippen molar-refractivity contribution in [2.75, 3.05) is 13.1 Å². The second-order valence-electron chi connectivity index (χ2n) is 8.34. The Morgan fingerprint density at radius 1 is 1.03 bits per heavy atom. The van der Waals surface area contributed by atoms with Crippen LogP contribution in [0.3, 0.4) is 0 Å². The van der Waals surface area contributed by atoms with Gasteiger partial charge in [-0.1, -0.05) is 30.3 Å². The van der Waals surface area contributed by atoms with Gasteiger partial charge in [0.2, 0.25) is 0 Å². The first-order valence-corrected chi connectivity index (χ1v) is 10.7. The topological polar surface area (TPSA) is 113 Å². The van der Waals surface area contributed by atoms with Gasteiger partial charge in [-0.05, 0) is 37.1 Å². The summed E-state index contributed by atoms with van der Waals surface area (Å²) in [6.45, 7) is 0.879. The highest BCUT2D eigenvalue weighted by Crippen LogP contribution is 2.26. The van der Waals surface area contributed by atoms with E-state index in [0.717, 1.165) is 0 Å². The minimum atomic E-state index is -1.12. The first-order valence-electron chi connectivity index (χ1n) is 10.7. The van der Waals surface area contributed by atoms with Gasteiger partial charge in [0.05, 0.1) is 18.3 Å². The van der Waals surface area contributed by atoms with Crippen molar-refractivity contribution in [3.63, 3.8) is 0 Å². The zero-order valence-corrected chi connectivity index (χ0v) is 17.8. The normalized spacial score (nSPS) is 15.6. The maximum Gasteiger partial charge on any atom is 0.264 e. The van der Waals surface area contributed by atoms with Gasteiger partial charge >= 0.3 is 0 Å². The fourth-order valence-electron chi connectivity index (χ4n) is 4.25. The maximum absolute atomic E-state index is 13.1. The standard InChI is InChI=1S/C24H23N5O4/c30-20-9-5-4-8-19(20)29-21-18(14-26-29)23(32)28(16-25-21)15-24(33)10-12-27(13-11-24)22(31)17-6-2-1-3-7-17/h1-9,14,16,30,33H,10-13,15H2. The van der Waals surface area contributed by atoms with Crippen LogP contribution in [0.15, 0.2) is 71.9 Å². The molecule has 4 aromatic rings. The van der Waals surface area contributed by atoms with Crippen molar-refractivity contribution in [3.8, 4) is 11.4 Å². The number of rotatable bonds is 4. The van der Waals surface area contributed by atoms with Crippen molar-refractivity contribution in [2.45, 2.75) is 25.0 Å². The highest BCUT2D eigenvalue weighted by Gasteiger charge is 2.35. The van der Waals surface area contributed by atoms with Gasteiger partial charge in [-0.2, -0.15) is 5.10 Å². The first-order chi connectivity index (χ1) is 16.0. The minimum Gasteiger partial charge on any atom is -0.506 e. The van der Waals surface area contributed by atoms with Crippen LogP contribution in [0.5, 0.6) is 5.75 Å². The van der Waals surface area contributed by atoms with Crippen LogP contribution < -0.4 is 5.56 Å². The maximum atomic E-state index is 13.1. The van der Waals surface area contributed by atoms with Crippen molar-refractivity contribution in [3.05, 3.63) is 83.0 Å². The lowest BCUT2D eigenvalue weighted by Gasteiger charge is -2.38. The molecule has 5 rings (SSSR count). The van der Waals surface area contributed by atoms with Crippen LogP contribution in [-0.2, 0) is 6.54 Å². The molecule has 0 radical (unpaired) electrons. The molecule has 9 nitrogen and oxygen atoms in total. The van der Waals surface area contributed by atoms with Crippen LogP contribution in [0.2, 0.25) is 0 Å². The van der Waals surface area contributed by atoms with Crippen molar-refractivity contribution in [1.29, 1.82) is 0 Å². The van der Waals surface area contributed by atoms with Crippen LogP contribution >= 0.6 is 0 Å². The van der Waals surface area contributed by atoms with Gasteiger partial charge in [0.1, 0.15) is 23.2 Å². The third kappa shape index (κ3) is 3.87. The average Bonchev–Trinajstić information content (AvgIpc) is 3.26. The van der Waals surface area contributed by atoms with E-state index in [2.05, 4.69) is 10.1 Å². The molecule has 1 fully saturated rings. The molecule has 0 bridgehead atoms. The number of phenolic OH excluding ortho intramolecular Hbond substituents is 1. The Morgan fingerprint density at radius 2 is 1.73 bits per heavy atom. The highest BCUT2D eigenvalue weighted by molar-refractivity contribution is 5.94. The summed E-state index contributed by atoms with van der Waals surface area (Å²) >= 11 is 0. The van der Waals surface area contributed by atoms with Crippen LogP contribution in [-0.4, -0.2) is 59.0 Å². The number of benzene rings is 2. The SMILES string of the molecule is O=C(c1ccccc1)N1CCC(O)(Cn2cnc3c(cnn3-c3ccccc3O)c2=O)CC1. The number of carbonyl (C=O) groups excluding carboxylic acids is 1. The van der Waals surface area contributed by atoms with Crippen molar-refractivity contribution < 1.29 is 15.0 Å². The van der Waals surface area contributed by atoms with Gasteiger partial charge in [-0.3, -0.25) is 14.2 Å². The zero-order chi connectivity index (χ0) is 23.0. The molecule has 2 N–H and O–H groups in total. The van der Waals surface area contributed by atoms with E-state index in [0.29, 0.717) is 48.2 Å². The molecule has 1 amide bonds. The Hall–Kier alpha value is -3.98. The van der Waals surface area contributed by atoms with Crippen molar-refractivity contribution >= 4 is 16.9 Å². The fraction of sp³-hybridized carbons (Fsp3) is 0.250. The molecule has 9 heteroatoms. The van der Waals surface area contributed by atoms with Crippen LogP contribution in [0.4, 0.5) is 0 Å². The number of aliphatic hydroxyl groups is 1. The lowest BCUT2D eigenvalue weighted by atomic mass is 9.91. The van der Waals surface area contributed by atoms with Crippen LogP contribution in [0.25, 0.3) is 16.7 Å². The molecule has 0 aliphatic carbocycles. The Morgan fingerprint density at radius 3 is 2.45 bits per heavy atom. The molecule has 3 heterocycles. The summed E-state index contributed by atoms with van der Waals surface area (Å²) in [7, 11) is 0. The number of para-hydroxylation sites is 2. The smallest absolute Gasteiger partial charge is 0.264 e. The number of fused-ring (bicyclic) bond motifs is 1. The lowest BCUT2D eigenvalue weighted by Crippen LogP contribution is -2.49. The molecule has 1 saturated heterocycles. The molecule has 33 heavy (non-hydrogen) atoms. The number of hydrogen-bond donors (Lipinski definition) is 2. The first kappa shape index (κ1) is 20.9. The third-order valence-electron chi connectivity index (χ3n) is 6.13. The van der Waals surface area contributed by atoms with E-state index in [1.165, 1.54) is 27.8 Å². The van der Waals surface area contributed by atoms with Gasteiger partial charge in [0.15, 0.2) is 5.65 Å². The molecular formula is C24H23N5O4. The molecular weight excluding hydrogens is 422 g/mol. The molecule has 1 aliphatic heterocycles. The van der Waals surface area contributed by atoms with Gasteiger partial charge in [-0.25, -0.2) is 9.67 Å². The largest absolute Gasteiger partial charge is 0.506 e. The Bertz CT molecular complexity index is 1370. The van der Waals surface area contributed by atoms with Gasteiger partial charge in [0.25, 0.3) is 11.5 Å². The summed E-state index contributed by atoms with van der Waals surface area (Å²) < 4.78 is 2.80. The second kappa shape index (κ2) is 8.18. The number of likely N-dealkylation sites (tertiary alicyclic amines) is 1. The summed E-state index contributed by atoms with van der Waals surface area (Å²) in [6, 6.07) is 15.7. The van der Waals surface area contributed by atoms with Crippen LogP contribution in [0.1, 0.15) is 23.2 Å². The number of piperidine rings is 1. The van der Waals surface area contributed by atoms with Crippen molar-refractivity contribution in [2.24, 2.45) is 0 Å². The number of aromatic hydroxyl groups is 1. The summed E-state index contributed by atoms with van der Waals surface area (Å²) in [6.07, 6.45) is 3.52. The zero-order valence-electron chi connectivity index (χ0n) is 17.8. The van der Waals surface area contributed by atoms with E-state index in [1.807, 2.05) is 18.2 Å². The van der Waals surface area contributed by atoms with Gasteiger partial charge in [0, 0.05) is 18.7 Å². The Labute approximate surface area is 189 Å². The summed E-state index contributed by atoms with van der Waals surface area (Å²) in [5, 5.41) is 25.8. The minimum absolute atomic E-state index is 0.0274. The summed E-state index contributed by atoms with van der Waals surface area (Å²) in [5.74, 6) is -0.0333.